The zero-order valence-corrected chi connectivity index (χ0v) is 24.1. The molecule has 0 amide bonds. The molecule has 0 saturated carbocycles. The Kier molecular flexibility index (Phi) is 14.3. The van der Waals surface area contributed by atoms with Crippen LogP contribution in [-0.2, 0) is 35.0 Å². The van der Waals surface area contributed by atoms with E-state index in [4.69, 9.17) is 34.2 Å². The lowest BCUT2D eigenvalue weighted by molar-refractivity contribution is -0.171. The van der Waals surface area contributed by atoms with Crippen LogP contribution in [-0.4, -0.2) is 55.7 Å². The number of hydrogen-bond donors (Lipinski definition) is 1. The molecule has 2 N–H and O–H groups in total. The first-order chi connectivity index (χ1) is 18.3. The third-order valence-corrected chi connectivity index (χ3v) is 5.46. The van der Waals surface area contributed by atoms with E-state index in [0.717, 1.165) is 12.8 Å². The van der Waals surface area contributed by atoms with Crippen molar-refractivity contribution in [3.8, 4) is 11.5 Å². The molecule has 11 heteroatoms. The van der Waals surface area contributed by atoms with Crippen LogP contribution in [0.1, 0.15) is 79.7 Å². The van der Waals surface area contributed by atoms with E-state index in [1.807, 2.05) is 13.8 Å². The van der Waals surface area contributed by atoms with Gasteiger partial charge in [0.2, 0.25) is 0 Å². The average Bonchev–Trinajstić information content (AvgIpc) is 2.85. The van der Waals surface area contributed by atoms with E-state index >= 15 is 0 Å². The van der Waals surface area contributed by atoms with Crippen LogP contribution >= 0.6 is 0 Å². The Balaban J connectivity index is 2.91. The molecule has 11 nitrogen and oxygen atoms in total. The molecule has 220 valence electrons. The summed E-state index contributed by atoms with van der Waals surface area (Å²) in [5.74, 6) is -1.29. The maximum atomic E-state index is 12.6. The number of rotatable bonds is 14. The van der Waals surface area contributed by atoms with E-state index < -0.39 is 47.9 Å². The van der Waals surface area contributed by atoms with Crippen LogP contribution in [0, 0.1) is 5.41 Å². The Labute approximate surface area is 230 Å². The molecule has 3 atom stereocenters. The molecule has 39 heavy (non-hydrogen) atoms. The number of hydrogen-bond acceptors (Lipinski definition) is 11. The minimum atomic E-state index is -1.08. The minimum absolute atomic E-state index is 0.0180. The molecule has 0 aliphatic carbocycles. The standard InChI is InChI=1S/C28H43NO10/c1-8-10-14-34-26(32)38-22-13-12-20(17-23(22)39-27(33)35-15-11-9-2)16-21(29)24(30)36-18(3)19(4)37-25(31)28(5,6)7/h12-13,17-19,21H,8-11,14-16,29H2,1-7H3/t18-,19-,21-/m0/s1. The summed E-state index contributed by atoms with van der Waals surface area (Å²) in [7, 11) is 0. The van der Waals surface area contributed by atoms with Gasteiger partial charge in [-0.05, 0) is 71.6 Å². The Hall–Kier alpha value is -3.34. The SMILES string of the molecule is CCCCOC(=O)Oc1ccc(C[C@H](N)C(=O)O[C@@H](C)[C@H](C)OC(=O)C(C)(C)C)cc1OC(=O)OCCCC. The molecule has 0 fully saturated rings. The fourth-order valence-corrected chi connectivity index (χ4v) is 2.83. The van der Waals surface area contributed by atoms with Crippen LogP contribution in [0.3, 0.4) is 0 Å². The molecule has 1 aromatic rings. The fourth-order valence-electron chi connectivity index (χ4n) is 2.83. The molecule has 0 aliphatic heterocycles. The van der Waals surface area contributed by atoms with Crippen LogP contribution < -0.4 is 15.2 Å². The van der Waals surface area contributed by atoms with Crippen molar-refractivity contribution in [1.82, 2.24) is 0 Å². The first-order valence-electron chi connectivity index (χ1n) is 13.3. The maximum Gasteiger partial charge on any atom is 0.513 e. The highest BCUT2D eigenvalue weighted by atomic mass is 16.7. The Bertz CT molecular complexity index is 956. The quantitative estimate of drug-likeness (QED) is 0.142. The van der Waals surface area contributed by atoms with Crippen LogP contribution in [0.5, 0.6) is 11.5 Å². The third kappa shape index (κ3) is 12.8. The van der Waals surface area contributed by atoms with Gasteiger partial charge in [-0.3, -0.25) is 9.59 Å². The lowest BCUT2D eigenvalue weighted by atomic mass is 9.97. The van der Waals surface area contributed by atoms with Gasteiger partial charge in [-0.25, -0.2) is 9.59 Å². The molecule has 0 aliphatic rings. The van der Waals surface area contributed by atoms with Crippen LogP contribution in [0.4, 0.5) is 9.59 Å². The molecule has 0 aromatic heterocycles. The van der Waals surface area contributed by atoms with E-state index in [9.17, 15) is 19.2 Å². The Morgan fingerprint density at radius 1 is 0.821 bits per heavy atom. The van der Waals surface area contributed by atoms with Gasteiger partial charge < -0.3 is 34.2 Å². The van der Waals surface area contributed by atoms with Gasteiger partial charge in [-0.2, -0.15) is 0 Å². The number of carbonyl (C=O) groups is 4. The predicted octanol–water partition coefficient (Wildman–Crippen LogP) is 5.10. The summed E-state index contributed by atoms with van der Waals surface area (Å²) in [5, 5.41) is 0. The molecule has 0 unspecified atom stereocenters. The molecular formula is C28H43NO10. The first kappa shape index (κ1) is 33.7. The lowest BCUT2D eigenvalue weighted by Crippen LogP contribution is -2.40. The van der Waals surface area contributed by atoms with Gasteiger partial charge in [0.1, 0.15) is 18.2 Å². The molecule has 1 aromatic carbocycles. The molecule has 0 bridgehead atoms. The van der Waals surface area contributed by atoms with Gasteiger partial charge in [-0.15, -0.1) is 0 Å². The Morgan fingerprint density at radius 2 is 1.33 bits per heavy atom. The van der Waals surface area contributed by atoms with Crippen molar-refractivity contribution < 1.29 is 47.6 Å². The largest absolute Gasteiger partial charge is 0.513 e. The van der Waals surface area contributed by atoms with E-state index in [2.05, 4.69) is 0 Å². The van der Waals surface area contributed by atoms with Crippen LogP contribution in [0.2, 0.25) is 0 Å². The van der Waals surface area contributed by atoms with Gasteiger partial charge in [0.05, 0.1) is 18.6 Å². The van der Waals surface area contributed by atoms with Crippen molar-refractivity contribution in [2.45, 2.75) is 98.8 Å². The second-order valence-corrected chi connectivity index (χ2v) is 10.2. The van der Waals surface area contributed by atoms with Gasteiger partial charge >= 0.3 is 24.2 Å². The highest BCUT2D eigenvalue weighted by molar-refractivity contribution is 5.77. The van der Waals surface area contributed by atoms with Crippen molar-refractivity contribution in [2.75, 3.05) is 13.2 Å². The summed E-state index contributed by atoms with van der Waals surface area (Å²) in [6.07, 6.45) is -0.326. The monoisotopic (exact) mass is 553 g/mol. The zero-order chi connectivity index (χ0) is 29.6. The second-order valence-electron chi connectivity index (χ2n) is 10.2. The molecule has 0 radical (unpaired) electrons. The van der Waals surface area contributed by atoms with E-state index in [-0.39, 0.29) is 31.1 Å². The molecular weight excluding hydrogens is 510 g/mol. The normalized spacial score (nSPS) is 13.4. The lowest BCUT2D eigenvalue weighted by Gasteiger charge is -2.25. The number of ether oxygens (including phenoxy) is 6. The number of esters is 2. The summed E-state index contributed by atoms with van der Waals surface area (Å²) < 4.78 is 31.3. The predicted molar refractivity (Wildman–Crippen MR) is 142 cm³/mol. The molecule has 0 saturated heterocycles. The summed E-state index contributed by atoms with van der Waals surface area (Å²) in [6, 6.07) is 3.31. The van der Waals surface area contributed by atoms with Crippen molar-refractivity contribution >= 4 is 24.2 Å². The summed E-state index contributed by atoms with van der Waals surface area (Å²) in [6.45, 7) is 12.7. The smallest absolute Gasteiger partial charge is 0.458 e. The van der Waals surface area contributed by atoms with Crippen LogP contribution in [0.25, 0.3) is 0 Å². The number of benzene rings is 1. The van der Waals surface area contributed by atoms with Gasteiger partial charge in [0, 0.05) is 0 Å². The second kappa shape index (κ2) is 16.6. The number of unbranched alkanes of at least 4 members (excludes halogenated alkanes) is 2. The highest BCUT2D eigenvalue weighted by Crippen LogP contribution is 2.30. The molecule has 0 spiro atoms. The maximum absolute atomic E-state index is 12.6. The van der Waals surface area contributed by atoms with Crippen molar-refractivity contribution in [1.29, 1.82) is 0 Å². The fraction of sp³-hybridized carbons (Fsp3) is 0.643. The molecule has 0 heterocycles. The first-order valence-corrected chi connectivity index (χ1v) is 13.3. The zero-order valence-electron chi connectivity index (χ0n) is 24.1. The van der Waals surface area contributed by atoms with Crippen LogP contribution in [0.15, 0.2) is 18.2 Å². The molecule has 1 rings (SSSR count). The topological polar surface area (TPSA) is 150 Å². The van der Waals surface area contributed by atoms with Gasteiger partial charge in [0.15, 0.2) is 11.5 Å². The Morgan fingerprint density at radius 3 is 1.85 bits per heavy atom. The highest BCUT2D eigenvalue weighted by Gasteiger charge is 2.29. The van der Waals surface area contributed by atoms with Gasteiger partial charge in [0.25, 0.3) is 0 Å². The summed E-state index contributed by atoms with van der Waals surface area (Å²) in [5.41, 5.74) is 5.87. The van der Waals surface area contributed by atoms with E-state index in [1.54, 1.807) is 40.7 Å². The number of carbonyl (C=O) groups excluding carboxylic acids is 4. The van der Waals surface area contributed by atoms with E-state index in [0.29, 0.717) is 18.4 Å². The van der Waals surface area contributed by atoms with Crippen molar-refractivity contribution in [3.63, 3.8) is 0 Å². The number of nitrogens with two attached hydrogens (primary N) is 1. The van der Waals surface area contributed by atoms with Crippen molar-refractivity contribution in [3.05, 3.63) is 23.8 Å². The summed E-state index contributed by atoms with van der Waals surface area (Å²) in [4.78, 5) is 48.9. The average molecular weight is 554 g/mol. The van der Waals surface area contributed by atoms with Gasteiger partial charge in [-0.1, -0.05) is 32.8 Å². The van der Waals surface area contributed by atoms with E-state index in [1.165, 1.54) is 12.1 Å². The minimum Gasteiger partial charge on any atom is -0.458 e. The van der Waals surface area contributed by atoms with Crippen molar-refractivity contribution in [2.24, 2.45) is 11.1 Å². The third-order valence-electron chi connectivity index (χ3n) is 5.46. The summed E-state index contributed by atoms with van der Waals surface area (Å²) >= 11 is 0.